The molecule has 96 valence electrons. The van der Waals surface area contributed by atoms with Crippen molar-refractivity contribution in [2.24, 2.45) is 5.73 Å². The van der Waals surface area contributed by atoms with E-state index in [1.807, 2.05) is 0 Å². The molecule has 1 atom stereocenters. The molecule has 0 radical (unpaired) electrons. The van der Waals surface area contributed by atoms with Gasteiger partial charge in [0.1, 0.15) is 12.0 Å². The van der Waals surface area contributed by atoms with Crippen molar-refractivity contribution in [2.45, 2.75) is 13.2 Å². The molecule has 0 aliphatic carbocycles. The van der Waals surface area contributed by atoms with Gasteiger partial charge in [0.05, 0.1) is 5.57 Å². The van der Waals surface area contributed by atoms with Crippen LogP contribution in [0.5, 0.6) is 0 Å². The van der Waals surface area contributed by atoms with Crippen molar-refractivity contribution in [1.82, 2.24) is 4.90 Å². The maximum Gasteiger partial charge on any atom is 0.268 e. The molecule has 0 spiro atoms. The summed E-state index contributed by atoms with van der Waals surface area (Å²) in [5.74, 6) is -1.47. The van der Waals surface area contributed by atoms with E-state index in [1.165, 1.54) is 25.1 Å². The van der Waals surface area contributed by atoms with Crippen LogP contribution in [0.3, 0.4) is 0 Å². The lowest BCUT2D eigenvalue weighted by Crippen LogP contribution is -2.37. The smallest absolute Gasteiger partial charge is 0.268 e. The predicted molar refractivity (Wildman–Crippen MR) is 60.2 cm³/mol. The summed E-state index contributed by atoms with van der Waals surface area (Å²) in [6.07, 6.45) is 0.121. The highest BCUT2D eigenvalue weighted by Gasteiger charge is 2.28. The lowest BCUT2D eigenvalue weighted by Gasteiger charge is -2.30. The third kappa shape index (κ3) is 3.05. The van der Waals surface area contributed by atoms with E-state index < -0.39 is 28.0 Å². The zero-order valence-corrected chi connectivity index (χ0v) is 10.2. The number of aliphatic hydroxyl groups excluding tert-OH is 1. The first kappa shape index (κ1) is 13.7. The van der Waals surface area contributed by atoms with Crippen molar-refractivity contribution in [2.75, 3.05) is 12.8 Å². The Morgan fingerprint density at radius 2 is 2.12 bits per heavy atom. The molecule has 7 nitrogen and oxygen atoms in total. The lowest BCUT2D eigenvalue weighted by molar-refractivity contribution is -0.114. The molecule has 0 saturated heterocycles. The topological polar surface area (TPSA) is 121 Å². The SMILES string of the molecule is CC1=C(CS(=O)(=O)O)C(O)N(C)C=C1C(N)=O. The van der Waals surface area contributed by atoms with Crippen molar-refractivity contribution in [1.29, 1.82) is 0 Å². The van der Waals surface area contributed by atoms with Crippen LogP contribution in [-0.4, -0.2) is 47.9 Å². The second-order valence-corrected chi connectivity index (χ2v) is 5.28. The fraction of sp³-hybridized carbons (Fsp3) is 0.444. The summed E-state index contributed by atoms with van der Waals surface area (Å²) in [4.78, 5) is 12.4. The number of rotatable bonds is 3. The van der Waals surface area contributed by atoms with E-state index in [-0.39, 0.29) is 16.7 Å². The second kappa shape index (κ2) is 4.47. The number of carbonyl (C=O) groups excluding carboxylic acids is 1. The van der Waals surface area contributed by atoms with Crippen LogP contribution in [-0.2, 0) is 14.9 Å². The van der Waals surface area contributed by atoms with Crippen molar-refractivity contribution in [3.8, 4) is 0 Å². The zero-order valence-electron chi connectivity index (χ0n) is 9.41. The third-order valence-electron chi connectivity index (χ3n) is 2.52. The fourth-order valence-electron chi connectivity index (χ4n) is 1.61. The zero-order chi connectivity index (χ0) is 13.4. The monoisotopic (exact) mass is 262 g/mol. The number of carbonyl (C=O) groups is 1. The van der Waals surface area contributed by atoms with Crippen LogP contribution in [0.25, 0.3) is 0 Å². The highest BCUT2D eigenvalue weighted by Crippen LogP contribution is 2.25. The Kier molecular flexibility index (Phi) is 3.60. The van der Waals surface area contributed by atoms with E-state index >= 15 is 0 Å². The molecule has 0 aromatic heterocycles. The molecule has 8 heteroatoms. The molecule has 17 heavy (non-hydrogen) atoms. The van der Waals surface area contributed by atoms with Gasteiger partial charge in [-0.15, -0.1) is 0 Å². The Hall–Kier alpha value is -1.38. The molecule has 0 fully saturated rings. The van der Waals surface area contributed by atoms with Gasteiger partial charge in [-0.25, -0.2) is 0 Å². The fourth-order valence-corrected chi connectivity index (χ4v) is 2.37. The minimum Gasteiger partial charge on any atom is -0.370 e. The number of hydrogen-bond acceptors (Lipinski definition) is 5. The molecular weight excluding hydrogens is 248 g/mol. The van der Waals surface area contributed by atoms with Gasteiger partial charge in [0.2, 0.25) is 5.91 Å². The molecule has 1 rings (SSSR count). The predicted octanol–water partition coefficient (Wildman–Crippen LogP) is -1.18. The number of primary amides is 1. The summed E-state index contributed by atoms with van der Waals surface area (Å²) in [6, 6.07) is 0. The average molecular weight is 262 g/mol. The molecule has 1 aliphatic heterocycles. The van der Waals surface area contributed by atoms with E-state index in [2.05, 4.69) is 0 Å². The summed E-state index contributed by atoms with van der Waals surface area (Å²) in [6.45, 7) is 1.47. The van der Waals surface area contributed by atoms with Crippen molar-refractivity contribution < 1.29 is 22.9 Å². The van der Waals surface area contributed by atoms with Crippen molar-refractivity contribution in [3.63, 3.8) is 0 Å². The summed E-state index contributed by atoms with van der Waals surface area (Å²) in [5, 5.41) is 9.77. The second-order valence-electron chi connectivity index (χ2n) is 3.82. The first-order chi connectivity index (χ1) is 7.63. The van der Waals surface area contributed by atoms with E-state index in [1.54, 1.807) is 0 Å². The molecule has 1 amide bonds. The number of amides is 1. The maximum absolute atomic E-state index is 11.1. The van der Waals surface area contributed by atoms with Crippen LogP contribution in [0.2, 0.25) is 0 Å². The normalized spacial score (nSPS) is 21.5. The minimum absolute atomic E-state index is 0.0336. The molecule has 0 saturated carbocycles. The van der Waals surface area contributed by atoms with Crippen LogP contribution in [0.1, 0.15) is 6.92 Å². The van der Waals surface area contributed by atoms with Crippen LogP contribution >= 0.6 is 0 Å². The van der Waals surface area contributed by atoms with Gasteiger partial charge in [-0.05, 0) is 18.1 Å². The lowest BCUT2D eigenvalue weighted by atomic mass is 9.98. The third-order valence-corrected chi connectivity index (χ3v) is 3.20. The van der Waals surface area contributed by atoms with Gasteiger partial charge in [-0.1, -0.05) is 0 Å². The van der Waals surface area contributed by atoms with Crippen LogP contribution in [0.4, 0.5) is 0 Å². The van der Waals surface area contributed by atoms with Crippen molar-refractivity contribution >= 4 is 16.0 Å². The largest absolute Gasteiger partial charge is 0.370 e. The van der Waals surface area contributed by atoms with E-state index in [4.69, 9.17) is 10.3 Å². The molecule has 1 heterocycles. The van der Waals surface area contributed by atoms with E-state index in [0.29, 0.717) is 0 Å². The Bertz CT molecular complexity index is 505. The molecule has 1 unspecified atom stereocenters. The molecule has 4 N–H and O–H groups in total. The van der Waals surface area contributed by atoms with Gasteiger partial charge in [0.15, 0.2) is 0 Å². The van der Waals surface area contributed by atoms with Gasteiger partial charge in [-0.2, -0.15) is 8.42 Å². The Morgan fingerprint density at radius 3 is 2.53 bits per heavy atom. The molecule has 0 bridgehead atoms. The van der Waals surface area contributed by atoms with Crippen molar-refractivity contribution in [3.05, 3.63) is 22.9 Å². The summed E-state index contributed by atoms with van der Waals surface area (Å²) in [7, 11) is -2.82. The van der Waals surface area contributed by atoms with E-state index in [0.717, 1.165) is 0 Å². The molecular formula is C9H14N2O5S. The number of likely N-dealkylation sites (N-methyl/N-ethyl adjacent to an activating group) is 1. The van der Waals surface area contributed by atoms with E-state index in [9.17, 15) is 18.3 Å². The van der Waals surface area contributed by atoms with Gasteiger partial charge in [0.25, 0.3) is 10.1 Å². The van der Waals surface area contributed by atoms with Gasteiger partial charge < -0.3 is 15.7 Å². The standard InChI is InChI=1S/C9H14N2O5S/c1-5-6(8(10)12)3-11(2)9(13)7(5)4-17(14,15)16/h3,9,13H,4H2,1-2H3,(H2,10,12)(H,14,15,16). The number of aliphatic hydroxyl groups is 1. The van der Waals surface area contributed by atoms with Crippen LogP contribution < -0.4 is 5.73 Å². The number of hydrogen-bond donors (Lipinski definition) is 3. The summed E-state index contributed by atoms with van der Waals surface area (Å²) < 4.78 is 30.4. The number of nitrogens with zero attached hydrogens (tertiary/aromatic N) is 1. The minimum atomic E-state index is -4.29. The molecule has 0 aromatic carbocycles. The Labute approximate surface area is 99.0 Å². The Balaban J connectivity index is 3.26. The first-order valence-electron chi connectivity index (χ1n) is 4.70. The van der Waals surface area contributed by atoms with Gasteiger partial charge in [0, 0.05) is 13.2 Å². The van der Waals surface area contributed by atoms with Crippen LogP contribution in [0.15, 0.2) is 22.9 Å². The quantitative estimate of drug-likeness (QED) is 0.551. The Morgan fingerprint density at radius 1 is 1.59 bits per heavy atom. The molecule has 0 aromatic rings. The summed E-state index contributed by atoms with van der Waals surface area (Å²) >= 11 is 0. The highest BCUT2D eigenvalue weighted by molar-refractivity contribution is 7.86. The van der Waals surface area contributed by atoms with Gasteiger partial charge in [-0.3, -0.25) is 9.35 Å². The highest BCUT2D eigenvalue weighted by atomic mass is 32.2. The molecule has 1 aliphatic rings. The van der Waals surface area contributed by atoms with Gasteiger partial charge >= 0.3 is 0 Å². The average Bonchev–Trinajstić information content (AvgIpc) is 2.16. The summed E-state index contributed by atoms with van der Waals surface area (Å²) in [5.41, 5.74) is 5.54. The first-order valence-corrected chi connectivity index (χ1v) is 6.31. The van der Waals surface area contributed by atoms with Crippen LogP contribution in [0, 0.1) is 0 Å². The number of nitrogens with two attached hydrogens (primary N) is 1. The maximum atomic E-state index is 11.1.